The van der Waals surface area contributed by atoms with Gasteiger partial charge in [0.1, 0.15) is 5.78 Å². The second kappa shape index (κ2) is 15.1. The fourth-order valence-electron chi connectivity index (χ4n) is 7.40. The average Bonchev–Trinajstić information content (AvgIpc) is 3.27. The van der Waals surface area contributed by atoms with Crippen molar-refractivity contribution in [3.8, 4) is 0 Å². The molecule has 2 aliphatic rings. The Bertz CT molecular complexity index is 1200. The van der Waals surface area contributed by atoms with Crippen LogP contribution in [-0.4, -0.2) is 67.9 Å². The van der Waals surface area contributed by atoms with E-state index in [1.165, 1.54) is 10.4 Å². The van der Waals surface area contributed by atoms with E-state index >= 15 is 0 Å². The lowest BCUT2D eigenvalue weighted by atomic mass is 9.88. The van der Waals surface area contributed by atoms with Gasteiger partial charge in [-0.2, -0.15) is 0 Å². The summed E-state index contributed by atoms with van der Waals surface area (Å²) in [5.74, 6) is -1.48. The zero-order chi connectivity index (χ0) is 33.8. The fraction of sp³-hybridized carbons (Fsp3) is 0.658. The molecule has 0 amide bonds. The number of carbonyl (C=O) groups excluding carboxylic acids is 1. The van der Waals surface area contributed by atoms with Crippen LogP contribution in [0.1, 0.15) is 101 Å². The molecule has 256 valence electrons. The van der Waals surface area contributed by atoms with Crippen molar-refractivity contribution in [3.63, 3.8) is 0 Å². The van der Waals surface area contributed by atoms with Gasteiger partial charge in [-0.25, -0.2) is 0 Å². The van der Waals surface area contributed by atoms with Crippen LogP contribution in [0.25, 0.3) is 0 Å². The summed E-state index contributed by atoms with van der Waals surface area (Å²) in [5.41, 5.74) is 0. The fourth-order valence-corrected chi connectivity index (χ4v) is 12.0. The first-order valence-corrected chi connectivity index (χ1v) is 19.1. The molecule has 1 N–H and O–H groups in total. The van der Waals surface area contributed by atoms with Crippen LogP contribution in [0.2, 0.25) is 5.04 Å². The van der Waals surface area contributed by atoms with Crippen LogP contribution in [0.15, 0.2) is 60.7 Å². The van der Waals surface area contributed by atoms with E-state index in [1.807, 2.05) is 27.7 Å². The molecule has 8 heteroatoms. The molecular weight excluding hydrogens is 596 g/mol. The van der Waals surface area contributed by atoms with E-state index in [4.69, 9.17) is 23.4 Å². The van der Waals surface area contributed by atoms with E-state index in [-0.39, 0.29) is 41.2 Å². The highest BCUT2D eigenvalue weighted by molar-refractivity contribution is 6.99. The van der Waals surface area contributed by atoms with Gasteiger partial charge in [0.25, 0.3) is 8.32 Å². The maximum absolute atomic E-state index is 11.6. The Labute approximate surface area is 278 Å². The quantitative estimate of drug-likeness (QED) is 0.183. The molecule has 0 aromatic heterocycles. The van der Waals surface area contributed by atoms with Gasteiger partial charge in [-0.1, -0.05) is 88.4 Å². The number of aliphatic hydroxyl groups excluding tert-OH is 1. The number of carbonyl (C=O) groups is 1. The Balaban J connectivity index is 1.42. The van der Waals surface area contributed by atoms with Crippen molar-refractivity contribution in [1.29, 1.82) is 0 Å². The van der Waals surface area contributed by atoms with Crippen LogP contribution in [0, 0.1) is 5.92 Å². The first kappa shape index (κ1) is 36.9. The number of aliphatic hydroxyl groups is 1. The molecule has 2 aromatic carbocycles. The molecule has 7 nitrogen and oxygen atoms in total. The zero-order valence-corrected chi connectivity index (χ0v) is 30.6. The molecule has 2 saturated heterocycles. The highest BCUT2D eigenvalue weighted by Crippen LogP contribution is 2.39. The topological polar surface area (TPSA) is 83.5 Å². The Morgan fingerprint density at radius 2 is 1.43 bits per heavy atom. The second-order valence-electron chi connectivity index (χ2n) is 15.3. The molecule has 0 unspecified atom stereocenters. The van der Waals surface area contributed by atoms with Gasteiger partial charge in [0.2, 0.25) is 0 Å². The zero-order valence-electron chi connectivity index (χ0n) is 29.6. The summed E-state index contributed by atoms with van der Waals surface area (Å²) in [6.45, 7) is 18.8. The number of ketones is 1. The number of benzene rings is 2. The van der Waals surface area contributed by atoms with Gasteiger partial charge in [0.15, 0.2) is 11.6 Å². The monoisotopic (exact) mass is 654 g/mol. The Kier molecular flexibility index (Phi) is 12.1. The van der Waals surface area contributed by atoms with Gasteiger partial charge in [-0.15, -0.1) is 0 Å². The van der Waals surface area contributed by atoms with E-state index in [2.05, 4.69) is 88.4 Å². The minimum atomic E-state index is -2.61. The molecule has 2 fully saturated rings. The lowest BCUT2D eigenvalue weighted by molar-refractivity contribution is -0.316. The predicted molar refractivity (Wildman–Crippen MR) is 185 cm³/mol. The first-order chi connectivity index (χ1) is 21.5. The van der Waals surface area contributed by atoms with Crippen molar-refractivity contribution < 1.29 is 33.3 Å². The standard InChI is InChI=1S/C38H58O7Si/c1-27(35(40)34-26-29(23-22-28(2)39)42-37(6,7)45-34)25-33-32(43-38(8,9)44-33)21-16-24-41-46(36(3,4)5,30-17-12-10-13-18-30)31-19-14-11-15-20-31/h10-15,17-20,27,29,32-35,40H,16,21-26H2,1-9H3/t27-,29-,32-,33-,34-,35+/m0/s1. The molecule has 46 heavy (non-hydrogen) atoms. The number of hydrogen-bond donors (Lipinski definition) is 1. The number of hydrogen-bond acceptors (Lipinski definition) is 7. The maximum Gasteiger partial charge on any atom is 0.261 e. The molecule has 2 heterocycles. The van der Waals surface area contributed by atoms with E-state index in [1.54, 1.807) is 6.92 Å². The first-order valence-electron chi connectivity index (χ1n) is 17.2. The van der Waals surface area contributed by atoms with E-state index in [0.29, 0.717) is 32.3 Å². The van der Waals surface area contributed by atoms with Crippen molar-refractivity contribution >= 4 is 24.5 Å². The summed E-state index contributed by atoms with van der Waals surface area (Å²) in [4.78, 5) is 11.6. The third-order valence-electron chi connectivity index (χ3n) is 9.42. The van der Waals surface area contributed by atoms with Gasteiger partial charge >= 0.3 is 0 Å². The molecule has 4 rings (SSSR count). The van der Waals surface area contributed by atoms with E-state index < -0.39 is 26.0 Å². The van der Waals surface area contributed by atoms with Gasteiger partial charge in [0, 0.05) is 19.4 Å². The van der Waals surface area contributed by atoms with E-state index in [9.17, 15) is 9.90 Å². The van der Waals surface area contributed by atoms with Crippen molar-refractivity contribution in [1.82, 2.24) is 0 Å². The van der Waals surface area contributed by atoms with E-state index in [0.717, 1.165) is 12.8 Å². The predicted octanol–water partition coefficient (Wildman–Crippen LogP) is 6.53. The molecule has 2 aliphatic heterocycles. The Morgan fingerprint density at radius 3 is 1.98 bits per heavy atom. The van der Waals surface area contributed by atoms with Gasteiger partial charge in [-0.05, 0) is 81.6 Å². The summed E-state index contributed by atoms with van der Waals surface area (Å²) in [6.07, 6.45) is 2.43. The average molecular weight is 655 g/mol. The normalized spacial score (nSPS) is 26.0. The molecular formula is C38H58O7Si. The van der Waals surface area contributed by atoms with Crippen LogP contribution in [0.5, 0.6) is 0 Å². The SMILES string of the molecule is CC(=O)CC[C@H]1C[C@@H]([C@H](O)[C@@H](C)C[C@@H]2OC(C)(C)O[C@H]2CCCO[Si](c2ccccc2)(c2ccccc2)C(C)(C)C)OC(C)(C)O1. The molecule has 0 saturated carbocycles. The molecule has 6 atom stereocenters. The van der Waals surface area contributed by atoms with Crippen molar-refractivity contribution in [2.45, 2.75) is 148 Å². The number of Topliss-reactive ketones (excluding diaryl/α,β-unsaturated/α-hetero) is 1. The maximum atomic E-state index is 11.6. The van der Waals surface area contributed by atoms with Gasteiger partial charge in [-0.3, -0.25) is 0 Å². The highest BCUT2D eigenvalue weighted by atomic mass is 28.4. The Hall–Kier alpha value is -1.91. The molecule has 2 aromatic rings. The van der Waals surface area contributed by atoms with Crippen molar-refractivity contribution in [2.24, 2.45) is 5.92 Å². The largest absolute Gasteiger partial charge is 0.407 e. The molecule has 0 bridgehead atoms. The number of rotatable bonds is 14. The lowest BCUT2D eigenvalue weighted by Gasteiger charge is -2.43. The third-order valence-corrected chi connectivity index (χ3v) is 14.5. The highest BCUT2D eigenvalue weighted by Gasteiger charge is 2.50. The van der Waals surface area contributed by atoms with Crippen LogP contribution >= 0.6 is 0 Å². The summed E-state index contributed by atoms with van der Waals surface area (Å²) >= 11 is 0. The van der Waals surface area contributed by atoms with Crippen molar-refractivity contribution in [3.05, 3.63) is 60.7 Å². The lowest BCUT2D eigenvalue weighted by Crippen LogP contribution is -2.66. The minimum Gasteiger partial charge on any atom is -0.407 e. The van der Waals surface area contributed by atoms with Crippen LogP contribution < -0.4 is 10.4 Å². The third kappa shape index (κ3) is 9.16. The van der Waals surface area contributed by atoms with Crippen LogP contribution in [-0.2, 0) is 28.2 Å². The summed E-state index contributed by atoms with van der Waals surface area (Å²) in [6, 6.07) is 21.5. The summed E-state index contributed by atoms with van der Waals surface area (Å²) in [5, 5.41) is 14.0. The molecule has 0 aliphatic carbocycles. The Morgan fingerprint density at radius 1 is 0.891 bits per heavy atom. The van der Waals surface area contributed by atoms with Crippen molar-refractivity contribution in [2.75, 3.05) is 6.61 Å². The molecule has 0 spiro atoms. The summed E-state index contributed by atoms with van der Waals surface area (Å²) < 4.78 is 32.3. The second-order valence-corrected chi connectivity index (χ2v) is 19.6. The summed E-state index contributed by atoms with van der Waals surface area (Å²) in [7, 11) is -2.61. The van der Waals surface area contributed by atoms with Crippen LogP contribution in [0.4, 0.5) is 0 Å². The van der Waals surface area contributed by atoms with Crippen LogP contribution in [0.3, 0.4) is 0 Å². The molecule has 0 radical (unpaired) electrons. The smallest absolute Gasteiger partial charge is 0.261 e. The van der Waals surface area contributed by atoms with Gasteiger partial charge in [0.05, 0.1) is 30.5 Å². The minimum absolute atomic E-state index is 0.0787. The number of ether oxygens (including phenoxy) is 4. The van der Waals surface area contributed by atoms with Gasteiger partial charge < -0.3 is 33.3 Å².